The summed E-state index contributed by atoms with van der Waals surface area (Å²) >= 11 is 0. The first kappa shape index (κ1) is 15.7. The van der Waals surface area contributed by atoms with Gasteiger partial charge in [-0.3, -0.25) is 15.1 Å². The van der Waals surface area contributed by atoms with E-state index in [-0.39, 0.29) is 23.6 Å². The second-order valence-electron chi connectivity index (χ2n) is 6.29. The van der Waals surface area contributed by atoms with Crippen LogP contribution in [0.4, 0.5) is 4.39 Å². The molecular formula is C17H21FN4O. The summed E-state index contributed by atoms with van der Waals surface area (Å²) in [5, 5.41) is 8.48. The monoisotopic (exact) mass is 316 g/mol. The number of hydrogen-bond donors (Lipinski definition) is 3. The van der Waals surface area contributed by atoms with E-state index in [2.05, 4.69) is 0 Å². The zero-order valence-electron chi connectivity index (χ0n) is 13.1. The molecule has 2 atom stereocenters. The molecule has 0 bridgehead atoms. The number of halogens is 1. The van der Waals surface area contributed by atoms with Crippen molar-refractivity contribution in [3.8, 4) is 0 Å². The Bertz CT molecular complexity index is 674. The predicted molar refractivity (Wildman–Crippen MR) is 86.2 cm³/mol. The lowest BCUT2D eigenvalue weighted by Gasteiger charge is -2.45. The van der Waals surface area contributed by atoms with E-state index in [1.807, 2.05) is 0 Å². The van der Waals surface area contributed by atoms with E-state index < -0.39 is 12.0 Å². The maximum absolute atomic E-state index is 13.2. The van der Waals surface area contributed by atoms with Crippen LogP contribution in [0, 0.1) is 11.2 Å². The fraction of sp³-hybridized carbons (Fsp3) is 0.412. The number of piperidine rings is 1. The van der Waals surface area contributed by atoms with Crippen molar-refractivity contribution in [2.24, 2.45) is 11.5 Å². The highest BCUT2D eigenvalue weighted by atomic mass is 19.1. The van der Waals surface area contributed by atoms with Crippen molar-refractivity contribution in [3.05, 3.63) is 46.9 Å². The van der Waals surface area contributed by atoms with E-state index in [0.717, 1.165) is 19.3 Å². The minimum atomic E-state index is -0.816. The molecule has 1 saturated heterocycles. The Hall–Kier alpha value is -2.21. The van der Waals surface area contributed by atoms with E-state index in [1.165, 1.54) is 17.0 Å². The first-order chi connectivity index (χ1) is 10.9. The number of nitrogens with two attached hydrogens (primary N) is 2. The van der Waals surface area contributed by atoms with Crippen LogP contribution in [0.15, 0.2) is 35.5 Å². The molecule has 1 aromatic rings. The number of allylic oxidation sites excluding steroid dienone is 1. The summed E-state index contributed by atoms with van der Waals surface area (Å²) in [5.74, 6) is -0.989. The first-order valence-corrected chi connectivity index (χ1v) is 7.81. The summed E-state index contributed by atoms with van der Waals surface area (Å²) in [6.45, 7) is 1.71. The third kappa shape index (κ3) is 2.53. The normalized spacial score (nSPS) is 27.9. The molecule has 0 aromatic heterocycles. The summed E-state index contributed by atoms with van der Waals surface area (Å²) in [6.07, 6.45) is 2.83. The quantitative estimate of drug-likeness (QED) is 0.776. The van der Waals surface area contributed by atoms with E-state index in [9.17, 15) is 9.18 Å². The Morgan fingerprint density at radius 3 is 2.39 bits per heavy atom. The summed E-state index contributed by atoms with van der Waals surface area (Å²) in [6, 6.07) is 5.09. The van der Waals surface area contributed by atoms with Gasteiger partial charge in [0.2, 0.25) is 5.91 Å². The molecule has 0 radical (unpaired) electrons. The predicted octanol–water partition coefficient (Wildman–Crippen LogP) is 1.84. The average Bonchev–Trinajstić information content (AvgIpc) is 2.45. The van der Waals surface area contributed by atoms with E-state index in [0.29, 0.717) is 16.8 Å². The van der Waals surface area contributed by atoms with Gasteiger partial charge in [-0.25, -0.2) is 4.39 Å². The van der Waals surface area contributed by atoms with Crippen molar-refractivity contribution in [1.29, 1.82) is 5.41 Å². The molecule has 2 aliphatic rings. The topological polar surface area (TPSA) is 96.2 Å². The Labute approximate surface area is 134 Å². The van der Waals surface area contributed by atoms with Gasteiger partial charge in [-0.1, -0.05) is 12.1 Å². The lowest BCUT2D eigenvalue weighted by Crippen LogP contribution is -2.60. The van der Waals surface area contributed by atoms with E-state index in [4.69, 9.17) is 16.9 Å². The molecule has 23 heavy (non-hydrogen) atoms. The number of nitrogens with one attached hydrogen (secondary N) is 1. The van der Waals surface area contributed by atoms with Crippen LogP contribution in [0.5, 0.6) is 0 Å². The largest absolute Gasteiger partial charge is 0.402 e. The van der Waals surface area contributed by atoms with Crippen LogP contribution >= 0.6 is 0 Å². The first-order valence-electron chi connectivity index (χ1n) is 7.81. The van der Waals surface area contributed by atoms with Crippen LogP contribution in [0.1, 0.15) is 37.7 Å². The maximum Gasteiger partial charge on any atom is 0.246 e. The van der Waals surface area contributed by atoms with Crippen molar-refractivity contribution in [2.45, 2.75) is 44.2 Å². The fourth-order valence-corrected chi connectivity index (χ4v) is 3.35. The second-order valence-corrected chi connectivity index (χ2v) is 6.29. The molecule has 5 nitrogen and oxygen atoms in total. The molecule has 1 amide bonds. The number of amidine groups is 1. The Morgan fingerprint density at radius 1 is 1.30 bits per heavy atom. The minimum Gasteiger partial charge on any atom is -0.402 e. The number of carbonyl (C=O) groups excluding carboxylic acids is 1. The molecule has 2 fully saturated rings. The Balaban J connectivity index is 2.05. The summed E-state index contributed by atoms with van der Waals surface area (Å²) in [7, 11) is 0. The number of hydrogen-bond acceptors (Lipinski definition) is 4. The SMILES string of the molecule is C/C(N)=C1/C(=N)N(C2CCC2)C(=O)[C@@H](N)C1c1ccc(F)cc1. The zero-order valence-corrected chi connectivity index (χ0v) is 13.1. The molecule has 1 unspecified atom stereocenters. The molecule has 1 aromatic carbocycles. The molecule has 1 saturated carbocycles. The standard InChI is InChI=1S/C17H21FN4O/c1-9(19)13-14(10-5-7-11(18)8-6-10)15(20)17(23)22(16(13)21)12-3-2-4-12/h5-8,12,14-15,21H,2-4,19-20H2,1H3/b13-9-,21-16?/t14?,15-/m0/s1. The summed E-state index contributed by atoms with van der Waals surface area (Å²) in [5.41, 5.74) is 14.0. The van der Waals surface area contributed by atoms with Crippen molar-refractivity contribution in [1.82, 2.24) is 4.90 Å². The van der Waals surface area contributed by atoms with Crippen LogP contribution in [-0.2, 0) is 4.79 Å². The molecule has 1 aliphatic carbocycles. The third-order valence-corrected chi connectivity index (χ3v) is 4.78. The van der Waals surface area contributed by atoms with Gasteiger partial charge in [-0.05, 0) is 43.9 Å². The van der Waals surface area contributed by atoms with Crippen molar-refractivity contribution < 1.29 is 9.18 Å². The van der Waals surface area contributed by atoms with Crippen LogP contribution in [0.25, 0.3) is 0 Å². The van der Waals surface area contributed by atoms with Crippen molar-refractivity contribution in [3.63, 3.8) is 0 Å². The molecule has 0 spiro atoms. The van der Waals surface area contributed by atoms with Crippen LogP contribution < -0.4 is 11.5 Å². The number of amides is 1. The second kappa shape index (κ2) is 5.77. The van der Waals surface area contributed by atoms with E-state index in [1.54, 1.807) is 19.1 Å². The van der Waals surface area contributed by atoms with Gasteiger partial charge in [0.15, 0.2) is 0 Å². The van der Waals surface area contributed by atoms with E-state index >= 15 is 0 Å². The van der Waals surface area contributed by atoms with Gasteiger partial charge in [-0.15, -0.1) is 0 Å². The lowest BCUT2D eigenvalue weighted by atomic mass is 9.77. The molecular weight excluding hydrogens is 295 g/mol. The molecule has 6 heteroatoms. The van der Waals surface area contributed by atoms with Crippen molar-refractivity contribution >= 4 is 11.7 Å². The molecule has 1 aliphatic heterocycles. The molecule has 1 heterocycles. The highest BCUT2D eigenvalue weighted by Gasteiger charge is 2.46. The van der Waals surface area contributed by atoms with Crippen LogP contribution in [0.2, 0.25) is 0 Å². The number of nitrogens with zero attached hydrogens (tertiary/aromatic N) is 1. The van der Waals surface area contributed by atoms with Gasteiger partial charge in [-0.2, -0.15) is 0 Å². The molecule has 3 rings (SSSR count). The molecule has 122 valence electrons. The number of likely N-dealkylation sites (tertiary alicyclic amines) is 1. The minimum absolute atomic E-state index is 0.0459. The number of rotatable bonds is 2. The average molecular weight is 316 g/mol. The Morgan fingerprint density at radius 2 is 1.91 bits per heavy atom. The highest BCUT2D eigenvalue weighted by Crippen LogP contribution is 2.38. The van der Waals surface area contributed by atoms with Gasteiger partial charge in [0.1, 0.15) is 11.7 Å². The molecule has 5 N–H and O–H groups in total. The van der Waals surface area contributed by atoms with Gasteiger partial charge in [0, 0.05) is 23.2 Å². The van der Waals surface area contributed by atoms with Gasteiger partial charge < -0.3 is 11.5 Å². The van der Waals surface area contributed by atoms with Crippen molar-refractivity contribution in [2.75, 3.05) is 0 Å². The summed E-state index contributed by atoms with van der Waals surface area (Å²) < 4.78 is 13.2. The van der Waals surface area contributed by atoms with Gasteiger partial charge in [0.25, 0.3) is 0 Å². The van der Waals surface area contributed by atoms with Gasteiger partial charge >= 0.3 is 0 Å². The number of benzene rings is 1. The smallest absolute Gasteiger partial charge is 0.246 e. The lowest BCUT2D eigenvalue weighted by molar-refractivity contribution is -0.132. The van der Waals surface area contributed by atoms with Crippen LogP contribution in [0.3, 0.4) is 0 Å². The third-order valence-electron chi connectivity index (χ3n) is 4.78. The van der Waals surface area contributed by atoms with Gasteiger partial charge in [0.05, 0.1) is 6.04 Å². The Kier molecular flexibility index (Phi) is 3.93. The fourth-order valence-electron chi connectivity index (χ4n) is 3.35. The summed E-state index contributed by atoms with van der Waals surface area (Å²) in [4.78, 5) is 14.2. The van der Waals surface area contributed by atoms with Crippen LogP contribution in [-0.4, -0.2) is 28.7 Å². The zero-order chi connectivity index (χ0) is 16.7. The highest BCUT2D eigenvalue weighted by molar-refractivity contribution is 6.12. The maximum atomic E-state index is 13.2. The number of carbonyl (C=O) groups is 1.